The molecule has 0 spiro atoms. The van der Waals surface area contributed by atoms with Crippen molar-refractivity contribution >= 4 is 30.7 Å². The third-order valence-electron chi connectivity index (χ3n) is 3.04. The van der Waals surface area contributed by atoms with Crippen molar-refractivity contribution in [3.63, 3.8) is 0 Å². The monoisotopic (exact) mass is 325 g/mol. The summed E-state index contributed by atoms with van der Waals surface area (Å²) in [6.07, 6.45) is 0. The van der Waals surface area contributed by atoms with Crippen LogP contribution >= 0.6 is 10.7 Å². The molecule has 0 radical (unpaired) electrons. The largest absolute Gasteiger partial charge is 0.453 e. The van der Waals surface area contributed by atoms with E-state index in [1.807, 2.05) is 38.1 Å². The number of hydrogen-bond acceptors (Lipinski definition) is 5. The van der Waals surface area contributed by atoms with Gasteiger partial charge < -0.3 is 4.42 Å². The van der Waals surface area contributed by atoms with Crippen molar-refractivity contribution in [2.24, 2.45) is 0 Å². The van der Waals surface area contributed by atoms with Crippen LogP contribution in [0.25, 0.3) is 22.6 Å². The van der Waals surface area contributed by atoms with Gasteiger partial charge in [0.15, 0.2) is 5.76 Å². The molecule has 0 N–H and O–H groups in total. The molecule has 0 aliphatic heterocycles. The minimum absolute atomic E-state index is 0.188. The van der Waals surface area contributed by atoms with Crippen LogP contribution in [0.4, 0.5) is 0 Å². The average molecular weight is 326 g/mol. The van der Waals surface area contributed by atoms with Gasteiger partial charge in [-0.1, -0.05) is 18.2 Å². The Balaban J connectivity index is 2.25. The van der Waals surface area contributed by atoms with E-state index in [-0.39, 0.29) is 11.2 Å². The van der Waals surface area contributed by atoms with Crippen molar-refractivity contribution in [2.45, 2.75) is 25.0 Å². The lowest BCUT2D eigenvalue weighted by molar-refractivity contribution is 0.522. The van der Waals surface area contributed by atoms with Crippen molar-refractivity contribution in [3.8, 4) is 11.6 Å². The number of rotatable bonds is 3. The summed E-state index contributed by atoms with van der Waals surface area (Å²) < 4.78 is 30.3. The molecule has 6 nitrogen and oxygen atoms in total. The Hall–Kier alpha value is -1.86. The second-order valence-electron chi connectivity index (χ2n) is 4.86. The normalized spacial score (nSPS) is 12.4. The topological polar surface area (TPSA) is 78.0 Å². The van der Waals surface area contributed by atoms with E-state index in [0.717, 1.165) is 5.39 Å². The molecule has 8 heteroatoms. The Labute approximate surface area is 125 Å². The summed E-state index contributed by atoms with van der Waals surface area (Å²) in [6, 6.07) is 9.09. The van der Waals surface area contributed by atoms with Crippen LogP contribution in [0.3, 0.4) is 0 Å². The van der Waals surface area contributed by atoms with Gasteiger partial charge in [0, 0.05) is 22.1 Å². The van der Waals surface area contributed by atoms with E-state index in [0.29, 0.717) is 17.2 Å². The Kier molecular flexibility index (Phi) is 3.26. The van der Waals surface area contributed by atoms with Crippen molar-refractivity contribution in [3.05, 3.63) is 30.3 Å². The molecule has 2 heterocycles. The van der Waals surface area contributed by atoms with Crippen LogP contribution in [0.1, 0.15) is 19.9 Å². The smallest absolute Gasteiger partial charge is 0.296 e. The Morgan fingerprint density at radius 3 is 2.57 bits per heavy atom. The van der Waals surface area contributed by atoms with Crippen LogP contribution in [0.5, 0.6) is 0 Å². The average Bonchev–Trinajstić information content (AvgIpc) is 3.01. The third kappa shape index (κ3) is 2.43. The zero-order valence-electron chi connectivity index (χ0n) is 11.3. The van der Waals surface area contributed by atoms with Crippen molar-refractivity contribution < 1.29 is 12.8 Å². The highest BCUT2D eigenvalue weighted by Crippen LogP contribution is 2.30. The molecule has 3 aromatic rings. The third-order valence-corrected chi connectivity index (χ3v) is 4.17. The molecule has 110 valence electrons. The summed E-state index contributed by atoms with van der Waals surface area (Å²) in [5, 5.41) is 8.23. The van der Waals surface area contributed by atoms with Gasteiger partial charge in [-0.2, -0.15) is 0 Å². The molecule has 0 aliphatic rings. The zero-order chi connectivity index (χ0) is 15.2. The predicted octanol–water partition coefficient (Wildman–Crippen LogP) is 3.20. The number of halogens is 1. The fourth-order valence-corrected chi connectivity index (χ4v) is 3.16. The summed E-state index contributed by atoms with van der Waals surface area (Å²) in [5.41, 5.74) is 0.695. The number of furan rings is 1. The second-order valence-corrected chi connectivity index (χ2v) is 7.32. The summed E-state index contributed by atoms with van der Waals surface area (Å²) in [6.45, 7) is 3.64. The minimum Gasteiger partial charge on any atom is -0.453 e. The van der Waals surface area contributed by atoms with E-state index in [1.165, 1.54) is 4.57 Å². The first-order chi connectivity index (χ1) is 9.88. The summed E-state index contributed by atoms with van der Waals surface area (Å²) in [4.78, 5) is 0. The number of aromatic nitrogens is 3. The highest BCUT2D eigenvalue weighted by Gasteiger charge is 2.26. The number of benzene rings is 1. The molecule has 1 aromatic carbocycles. The minimum atomic E-state index is -3.98. The van der Waals surface area contributed by atoms with Crippen LogP contribution in [0.2, 0.25) is 0 Å². The van der Waals surface area contributed by atoms with Crippen LogP contribution in [-0.4, -0.2) is 23.2 Å². The standard InChI is InChI=1S/C13H12ClN3O3S/c1-8(2)17-12(15-16-13(17)21(14,18)19)11-7-9-5-3-4-6-10(9)20-11/h3-8H,1-2H3. The molecule has 2 aromatic heterocycles. The molecule has 0 fully saturated rings. The first-order valence-corrected chi connectivity index (χ1v) is 8.57. The molecule has 0 aliphatic carbocycles. The van der Waals surface area contributed by atoms with Crippen molar-refractivity contribution in [2.75, 3.05) is 0 Å². The van der Waals surface area contributed by atoms with Crippen LogP contribution in [0.15, 0.2) is 39.9 Å². The fourth-order valence-electron chi connectivity index (χ4n) is 2.17. The molecule has 0 unspecified atom stereocenters. The van der Waals surface area contributed by atoms with Gasteiger partial charge in [0.05, 0.1) is 0 Å². The van der Waals surface area contributed by atoms with Crippen molar-refractivity contribution in [1.29, 1.82) is 0 Å². The number of nitrogens with zero attached hydrogens (tertiary/aromatic N) is 3. The number of para-hydroxylation sites is 1. The lowest BCUT2D eigenvalue weighted by Gasteiger charge is -2.10. The van der Waals surface area contributed by atoms with Gasteiger partial charge in [-0.15, -0.1) is 10.2 Å². The number of hydrogen-bond donors (Lipinski definition) is 0. The van der Waals surface area contributed by atoms with E-state index in [9.17, 15) is 8.42 Å². The SMILES string of the molecule is CC(C)n1c(-c2cc3ccccc3o2)nnc1S(=O)(=O)Cl. The molecular weight excluding hydrogens is 314 g/mol. The van der Waals surface area contributed by atoms with Gasteiger partial charge in [-0.25, -0.2) is 8.42 Å². The van der Waals surface area contributed by atoms with Gasteiger partial charge in [-0.05, 0) is 26.0 Å². The Morgan fingerprint density at radius 2 is 1.95 bits per heavy atom. The molecule has 0 amide bonds. The van der Waals surface area contributed by atoms with Gasteiger partial charge in [0.1, 0.15) is 5.58 Å². The summed E-state index contributed by atoms with van der Waals surface area (Å²) in [5.74, 6) is 0.782. The van der Waals surface area contributed by atoms with Gasteiger partial charge in [0.25, 0.3) is 14.2 Å². The molecule has 0 bridgehead atoms. The molecule has 21 heavy (non-hydrogen) atoms. The molecule has 3 rings (SSSR count). The van der Waals surface area contributed by atoms with Gasteiger partial charge >= 0.3 is 0 Å². The van der Waals surface area contributed by atoms with Crippen molar-refractivity contribution in [1.82, 2.24) is 14.8 Å². The predicted molar refractivity (Wildman–Crippen MR) is 78.7 cm³/mol. The van der Waals surface area contributed by atoms with E-state index in [1.54, 1.807) is 6.07 Å². The van der Waals surface area contributed by atoms with Crippen LogP contribution in [0, 0.1) is 0 Å². The Bertz CT molecular complexity index is 879. The molecule has 0 saturated carbocycles. The molecular formula is C13H12ClN3O3S. The first-order valence-electron chi connectivity index (χ1n) is 6.26. The van der Waals surface area contributed by atoms with Gasteiger partial charge in [-0.3, -0.25) is 4.57 Å². The van der Waals surface area contributed by atoms with Crippen LogP contribution in [-0.2, 0) is 9.05 Å². The molecule has 0 atom stereocenters. The maximum absolute atomic E-state index is 11.6. The highest BCUT2D eigenvalue weighted by molar-refractivity contribution is 8.13. The first kappa shape index (κ1) is 14.1. The fraction of sp³-hybridized carbons (Fsp3) is 0.231. The lowest BCUT2D eigenvalue weighted by atomic mass is 10.2. The number of fused-ring (bicyclic) bond motifs is 1. The highest BCUT2D eigenvalue weighted by atomic mass is 35.7. The van der Waals surface area contributed by atoms with E-state index >= 15 is 0 Å². The lowest BCUT2D eigenvalue weighted by Crippen LogP contribution is -2.09. The Morgan fingerprint density at radius 1 is 1.24 bits per heavy atom. The zero-order valence-corrected chi connectivity index (χ0v) is 12.9. The second kappa shape index (κ2) is 4.85. The summed E-state index contributed by atoms with van der Waals surface area (Å²) in [7, 11) is 1.43. The quantitative estimate of drug-likeness (QED) is 0.691. The maximum atomic E-state index is 11.6. The molecule has 0 saturated heterocycles. The van der Waals surface area contributed by atoms with Gasteiger partial charge in [0.2, 0.25) is 5.82 Å². The van der Waals surface area contributed by atoms with E-state index < -0.39 is 9.05 Å². The summed E-state index contributed by atoms with van der Waals surface area (Å²) >= 11 is 0. The van der Waals surface area contributed by atoms with E-state index in [4.69, 9.17) is 15.1 Å². The van der Waals surface area contributed by atoms with Crippen LogP contribution < -0.4 is 0 Å². The van der Waals surface area contributed by atoms with E-state index in [2.05, 4.69) is 10.2 Å². The maximum Gasteiger partial charge on any atom is 0.296 e.